The molecule has 2 heterocycles. The summed E-state index contributed by atoms with van der Waals surface area (Å²) in [7, 11) is 0. The van der Waals surface area contributed by atoms with Crippen LogP contribution >= 0.6 is 11.3 Å². The molecule has 2 aromatic rings. The van der Waals surface area contributed by atoms with Crippen molar-refractivity contribution in [3.63, 3.8) is 0 Å². The maximum Gasteiger partial charge on any atom is 0.125 e. The third-order valence-corrected chi connectivity index (χ3v) is 2.63. The average molecular weight is 194 g/mol. The van der Waals surface area contributed by atoms with Crippen LogP contribution in [-0.2, 0) is 6.54 Å². The van der Waals surface area contributed by atoms with Crippen LogP contribution in [0.25, 0.3) is 0 Å². The van der Waals surface area contributed by atoms with Gasteiger partial charge in [-0.15, -0.1) is 11.3 Å². The molecule has 2 aromatic heterocycles. The fourth-order valence-corrected chi connectivity index (χ4v) is 1.66. The summed E-state index contributed by atoms with van der Waals surface area (Å²) in [5, 5.41) is 4.16. The summed E-state index contributed by atoms with van der Waals surface area (Å²) in [4.78, 5) is 5.15. The molecule has 68 valence electrons. The van der Waals surface area contributed by atoms with Crippen LogP contribution in [0.5, 0.6) is 0 Å². The van der Waals surface area contributed by atoms with Gasteiger partial charge in [0, 0.05) is 16.6 Å². The summed E-state index contributed by atoms with van der Waals surface area (Å²) in [6.07, 6.45) is 3.61. The fourth-order valence-electron chi connectivity index (χ4n) is 1.08. The second kappa shape index (κ2) is 3.18. The molecular formula is C8H10N4S. The molecule has 0 spiro atoms. The number of aromatic nitrogens is 3. The molecule has 4 nitrogen and oxygen atoms in total. The van der Waals surface area contributed by atoms with Crippen molar-refractivity contribution in [2.45, 2.75) is 13.5 Å². The number of nitrogens with two attached hydrogens (primary N) is 1. The Morgan fingerprint density at radius 2 is 2.38 bits per heavy atom. The molecule has 0 aromatic carbocycles. The molecular weight excluding hydrogens is 184 g/mol. The number of hydrogen-bond acceptors (Lipinski definition) is 4. The van der Waals surface area contributed by atoms with Crippen LogP contribution in [0, 0.1) is 6.92 Å². The van der Waals surface area contributed by atoms with E-state index in [2.05, 4.69) is 10.1 Å². The second-order valence-electron chi connectivity index (χ2n) is 2.84. The van der Waals surface area contributed by atoms with Gasteiger partial charge < -0.3 is 5.73 Å². The quantitative estimate of drug-likeness (QED) is 0.783. The average Bonchev–Trinajstić information content (AvgIpc) is 2.71. The Hall–Kier alpha value is -1.36. The van der Waals surface area contributed by atoms with Crippen LogP contribution in [0.3, 0.4) is 0 Å². The first-order valence-corrected chi connectivity index (χ1v) is 4.80. The molecule has 0 saturated carbocycles. The Morgan fingerprint density at radius 1 is 1.54 bits per heavy atom. The smallest absolute Gasteiger partial charge is 0.125 e. The molecule has 13 heavy (non-hydrogen) atoms. The Morgan fingerprint density at radius 3 is 2.92 bits per heavy atom. The van der Waals surface area contributed by atoms with Crippen molar-refractivity contribution in [3.05, 3.63) is 28.3 Å². The lowest BCUT2D eigenvalue weighted by atomic mass is 10.4. The first-order chi connectivity index (χ1) is 6.27. The first kappa shape index (κ1) is 8.25. The van der Waals surface area contributed by atoms with Gasteiger partial charge in [0.25, 0.3) is 0 Å². The predicted molar refractivity (Wildman–Crippen MR) is 52.6 cm³/mol. The predicted octanol–water partition coefficient (Wildman–Crippen LogP) is 1.28. The van der Waals surface area contributed by atoms with Crippen LogP contribution in [0.2, 0.25) is 0 Å². The highest BCUT2D eigenvalue weighted by molar-refractivity contribution is 7.09. The maximum absolute atomic E-state index is 5.80. The van der Waals surface area contributed by atoms with Crippen molar-refractivity contribution in [3.8, 4) is 0 Å². The van der Waals surface area contributed by atoms with Gasteiger partial charge in [0.05, 0.1) is 18.3 Å². The molecule has 0 amide bonds. The van der Waals surface area contributed by atoms with Crippen LogP contribution < -0.4 is 5.73 Å². The van der Waals surface area contributed by atoms with Gasteiger partial charge in [0.1, 0.15) is 5.82 Å². The Kier molecular flexibility index (Phi) is 2.02. The topological polar surface area (TPSA) is 56.7 Å². The Balaban J connectivity index is 2.24. The van der Waals surface area contributed by atoms with Crippen LogP contribution in [0.15, 0.2) is 17.9 Å². The van der Waals surface area contributed by atoms with E-state index in [-0.39, 0.29) is 0 Å². The van der Waals surface area contributed by atoms with E-state index in [4.69, 9.17) is 5.73 Å². The van der Waals surface area contributed by atoms with Gasteiger partial charge in [-0.3, -0.25) is 4.98 Å². The van der Waals surface area contributed by atoms with Crippen molar-refractivity contribution in [2.75, 3.05) is 5.73 Å². The van der Waals surface area contributed by atoms with E-state index in [9.17, 15) is 0 Å². The number of nitrogens with zero attached hydrogens (tertiary/aromatic N) is 3. The Labute approximate surface area is 80.0 Å². The molecule has 0 radical (unpaired) electrons. The van der Waals surface area contributed by atoms with Gasteiger partial charge in [-0.1, -0.05) is 0 Å². The van der Waals surface area contributed by atoms with E-state index in [1.165, 1.54) is 0 Å². The molecule has 0 aliphatic rings. The summed E-state index contributed by atoms with van der Waals surface area (Å²) >= 11 is 1.61. The third-order valence-electron chi connectivity index (χ3n) is 1.86. The van der Waals surface area contributed by atoms with Crippen molar-refractivity contribution >= 4 is 17.2 Å². The number of rotatable bonds is 2. The van der Waals surface area contributed by atoms with Crippen molar-refractivity contribution < 1.29 is 0 Å². The largest absolute Gasteiger partial charge is 0.384 e. The van der Waals surface area contributed by atoms with Crippen molar-refractivity contribution in [1.29, 1.82) is 0 Å². The highest BCUT2D eigenvalue weighted by atomic mass is 32.1. The highest BCUT2D eigenvalue weighted by Crippen LogP contribution is 2.13. The van der Waals surface area contributed by atoms with E-state index < -0.39 is 0 Å². The second-order valence-corrected chi connectivity index (χ2v) is 3.81. The molecule has 0 atom stereocenters. The minimum Gasteiger partial charge on any atom is -0.384 e. The highest BCUT2D eigenvalue weighted by Gasteiger charge is 2.03. The minimum atomic E-state index is 0.713. The van der Waals surface area contributed by atoms with Gasteiger partial charge in [-0.05, 0) is 6.92 Å². The molecule has 2 rings (SSSR count). The summed E-state index contributed by atoms with van der Waals surface area (Å²) in [6, 6.07) is 0. The lowest BCUT2D eigenvalue weighted by Crippen LogP contribution is -2.04. The van der Waals surface area contributed by atoms with Gasteiger partial charge in [0.15, 0.2) is 0 Å². The molecule has 0 bridgehead atoms. The fraction of sp³-hybridized carbons (Fsp3) is 0.250. The molecule has 0 saturated heterocycles. The van der Waals surface area contributed by atoms with Crippen molar-refractivity contribution in [1.82, 2.24) is 14.8 Å². The summed E-state index contributed by atoms with van der Waals surface area (Å²) in [6.45, 7) is 2.66. The number of aryl methyl sites for hydroxylation is 1. The lowest BCUT2D eigenvalue weighted by molar-refractivity contribution is 0.704. The summed E-state index contributed by atoms with van der Waals surface area (Å²) in [5.41, 5.74) is 8.63. The summed E-state index contributed by atoms with van der Waals surface area (Å²) < 4.78 is 1.78. The zero-order valence-corrected chi connectivity index (χ0v) is 8.08. The van der Waals surface area contributed by atoms with Gasteiger partial charge in [-0.2, -0.15) is 5.10 Å². The molecule has 0 fully saturated rings. The molecule has 5 heteroatoms. The number of thiazole rings is 1. The molecule has 0 aliphatic carbocycles. The van der Waals surface area contributed by atoms with Crippen LogP contribution in [-0.4, -0.2) is 14.8 Å². The lowest BCUT2D eigenvalue weighted by Gasteiger charge is -2.00. The monoisotopic (exact) mass is 194 g/mol. The molecule has 2 N–H and O–H groups in total. The molecule has 0 unspecified atom stereocenters. The van der Waals surface area contributed by atoms with Gasteiger partial charge in [-0.25, -0.2) is 4.68 Å². The number of nitrogen functional groups attached to an aromatic ring is 1. The molecule has 0 aliphatic heterocycles. The normalized spacial score (nSPS) is 10.5. The van der Waals surface area contributed by atoms with E-state index in [1.54, 1.807) is 22.2 Å². The van der Waals surface area contributed by atoms with E-state index in [0.717, 1.165) is 16.3 Å². The van der Waals surface area contributed by atoms with Gasteiger partial charge >= 0.3 is 0 Å². The zero-order chi connectivity index (χ0) is 9.26. The zero-order valence-electron chi connectivity index (χ0n) is 7.27. The Bertz CT molecular complexity index is 390. The first-order valence-electron chi connectivity index (χ1n) is 3.92. The SMILES string of the molecule is Cc1cnn(Cc2cncs2)c1N. The number of hydrogen-bond donors (Lipinski definition) is 1. The van der Waals surface area contributed by atoms with E-state index in [1.807, 2.05) is 18.6 Å². The maximum atomic E-state index is 5.80. The van der Waals surface area contributed by atoms with Crippen molar-refractivity contribution in [2.24, 2.45) is 0 Å². The minimum absolute atomic E-state index is 0.713. The summed E-state index contributed by atoms with van der Waals surface area (Å²) in [5.74, 6) is 0.730. The van der Waals surface area contributed by atoms with Crippen LogP contribution in [0.1, 0.15) is 10.4 Å². The van der Waals surface area contributed by atoms with Crippen LogP contribution in [0.4, 0.5) is 5.82 Å². The van der Waals surface area contributed by atoms with E-state index >= 15 is 0 Å². The standard InChI is InChI=1S/C8H10N4S/c1-6-2-11-12(8(6)9)4-7-3-10-5-13-7/h2-3,5H,4,9H2,1H3. The third kappa shape index (κ3) is 1.55. The van der Waals surface area contributed by atoms with Gasteiger partial charge in [0.2, 0.25) is 0 Å². The van der Waals surface area contributed by atoms with E-state index in [0.29, 0.717) is 6.54 Å². The number of anilines is 1.